The van der Waals surface area contributed by atoms with E-state index in [4.69, 9.17) is 5.26 Å². The van der Waals surface area contributed by atoms with Crippen LogP contribution in [0.3, 0.4) is 0 Å². The van der Waals surface area contributed by atoms with Crippen LogP contribution in [0.5, 0.6) is 0 Å². The molecule has 1 aromatic carbocycles. The second-order valence-corrected chi connectivity index (χ2v) is 6.51. The molecule has 2 aromatic heterocycles. The molecule has 0 aliphatic rings. The quantitative estimate of drug-likeness (QED) is 0.546. The third-order valence-electron chi connectivity index (χ3n) is 3.93. The number of hydrogen-bond acceptors (Lipinski definition) is 4. The molecule has 0 fully saturated rings. The molecular formula is C18H16N4O2S. The summed E-state index contributed by atoms with van der Waals surface area (Å²) in [6.07, 6.45) is 3.92. The Balaban J connectivity index is 1.87. The lowest BCUT2D eigenvalue weighted by molar-refractivity contribution is -0.129. The zero-order chi connectivity index (χ0) is 17.8. The molecule has 25 heavy (non-hydrogen) atoms. The number of carbonyl (C=O) groups is 2. The molecule has 2 N–H and O–H groups in total. The fourth-order valence-electron chi connectivity index (χ4n) is 2.64. The van der Waals surface area contributed by atoms with Gasteiger partial charge in [0.05, 0.1) is 4.88 Å². The number of fused-ring (bicyclic) bond motifs is 1. The minimum atomic E-state index is -0.821. The molecule has 2 amide bonds. The standard InChI is InChI=1S/C18H16N4O2S/c1-22(11-19)18(24)15(21-17(23)16-7-4-8-25-16)9-12-10-20-14-6-3-2-5-13(12)14/h2-8,10,15,20H,9H2,1H3,(H,21,23). The lowest BCUT2D eigenvalue weighted by atomic mass is 10.0. The molecule has 0 radical (unpaired) electrons. The maximum atomic E-state index is 12.5. The normalized spacial score (nSPS) is 11.7. The lowest BCUT2D eigenvalue weighted by Gasteiger charge is -2.19. The molecule has 3 rings (SSSR count). The first kappa shape index (κ1) is 16.7. The van der Waals surface area contributed by atoms with Crippen LogP contribution < -0.4 is 5.32 Å². The molecule has 0 aliphatic heterocycles. The SMILES string of the molecule is CN(C#N)C(=O)C(Cc1c[nH]c2ccccc12)NC(=O)c1cccs1. The minimum Gasteiger partial charge on any atom is -0.361 e. The van der Waals surface area contributed by atoms with Crippen LogP contribution in [0, 0.1) is 11.5 Å². The van der Waals surface area contributed by atoms with E-state index in [0.29, 0.717) is 11.3 Å². The summed E-state index contributed by atoms with van der Waals surface area (Å²) in [6, 6.07) is 10.4. The van der Waals surface area contributed by atoms with E-state index in [-0.39, 0.29) is 5.91 Å². The van der Waals surface area contributed by atoms with Gasteiger partial charge in [0.1, 0.15) is 6.04 Å². The van der Waals surface area contributed by atoms with Gasteiger partial charge in [-0.15, -0.1) is 11.3 Å². The van der Waals surface area contributed by atoms with E-state index in [0.717, 1.165) is 21.4 Å². The minimum absolute atomic E-state index is 0.298. The highest BCUT2D eigenvalue weighted by molar-refractivity contribution is 7.12. The summed E-state index contributed by atoms with van der Waals surface area (Å²) in [6.45, 7) is 0. The van der Waals surface area contributed by atoms with E-state index in [2.05, 4.69) is 10.3 Å². The Bertz CT molecular complexity index is 940. The molecule has 126 valence electrons. The van der Waals surface area contributed by atoms with Crippen LogP contribution in [0.2, 0.25) is 0 Å². The average molecular weight is 352 g/mol. The van der Waals surface area contributed by atoms with Gasteiger partial charge in [-0.25, -0.2) is 0 Å². The van der Waals surface area contributed by atoms with E-state index in [9.17, 15) is 9.59 Å². The number of carbonyl (C=O) groups excluding carboxylic acids is 2. The number of likely N-dealkylation sites (N-methyl/N-ethyl adjacent to an activating group) is 1. The molecule has 0 aliphatic carbocycles. The summed E-state index contributed by atoms with van der Waals surface area (Å²) in [4.78, 5) is 29.5. The number of nitrogens with one attached hydrogen (secondary N) is 2. The van der Waals surface area contributed by atoms with E-state index in [1.165, 1.54) is 18.4 Å². The first-order valence-corrected chi connectivity index (χ1v) is 8.54. The monoisotopic (exact) mass is 352 g/mol. The molecule has 1 unspecified atom stereocenters. The summed E-state index contributed by atoms with van der Waals surface area (Å²) in [7, 11) is 1.39. The Kier molecular flexibility index (Phi) is 4.82. The van der Waals surface area contributed by atoms with E-state index in [1.807, 2.05) is 30.5 Å². The number of H-pyrrole nitrogens is 1. The Morgan fingerprint density at radius 3 is 2.84 bits per heavy atom. The molecule has 3 aromatic rings. The van der Waals surface area contributed by atoms with Gasteiger partial charge in [0.2, 0.25) is 0 Å². The van der Waals surface area contributed by atoms with E-state index in [1.54, 1.807) is 23.7 Å². The molecule has 0 bridgehead atoms. The summed E-state index contributed by atoms with van der Waals surface area (Å²) in [5.41, 5.74) is 1.87. The van der Waals surface area contributed by atoms with Crippen molar-refractivity contribution < 1.29 is 9.59 Å². The van der Waals surface area contributed by atoms with Crippen molar-refractivity contribution >= 4 is 34.1 Å². The molecule has 0 spiro atoms. The van der Waals surface area contributed by atoms with Gasteiger partial charge in [0, 0.05) is 30.6 Å². The van der Waals surface area contributed by atoms with Crippen LogP contribution in [0.25, 0.3) is 10.9 Å². The predicted octanol–water partition coefficient (Wildman–Crippen LogP) is 2.51. The number of para-hydroxylation sites is 1. The smallest absolute Gasteiger partial charge is 0.262 e. The Morgan fingerprint density at radius 2 is 2.12 bits per heavy atom. The highest BCUT2D eigenvalue weighted by Gasteiger charge is 2.26. The van der Waals surface area contributed by atoms with Crippen molar-refractivity contribution in [3.8, 4) is 6.19 Å². The molecule has 0 saturated heterocycles. The summed E-state index contributed by atoms with van der Waals surface area (Å²) in [5, 5.41) is 14.6. The van der Waals surface area contributed by atoms with E-state index < -0.39 is 11.9 Å². The first-order valence-electron chi connectivity index (χ1n) is 7.67. The van der Waals surface area contributed by atoms with Gasteiger partial charge in [0.15, 0.2) is 6.19 Å². The van der Waals surface area contributed by atoms with Crippen LogP contribution in [0.1, 0.15) is 15.2 Å². The maximum absolute atomic E-state index is 12.5. The van der Waals surface area contributed by atoms with Crippen LogP contribution in [0.15, 0.2) is 48.0 Å². The van der Waals surface area contributed by atoms with Crippen LogP contribution in [0.4, 0.5) is 0 Å². The fraction of sp³-hybridized carbons (Fsp3) is 0.167. The highest BCUT2D eigenvalue weighted by Crippen LogP contribution is 2.20. The third-order valence-corrected chi connectivity index (χ3v) is 4.80. The number of rotatable bonds is 5. The molecular weight excluding hydrogens is 336 g/mol. The van der Waals surface area contributed by atoms with Crippen LogP contribution >= 0.6 is 11.3 Å². The van der Waals surface area contributed by atoms with E-state index >= 15 is 0 Å². The van der Waals surface area contributed by atoms with Gasteiger partial charge < -0.3 is 10.3 Å². The summed E-state index contributed by atoms with van der Waals surface area (Å²) < 4.78 is 0. The Labute approximate surface area is 148 Å². The third kappa shape index (κ3) is 3.54. The number of aromatic amines is 1. The van der Waals surface area contributed by atoms with Crippen molar-refractivity contribution in [2.75, 3.05) is 7.05 Å². The van der Waals surface area contributed by atoms with Gasteiger partial charge in [-0.05, 0) is 23.1 Å². The molecule has 2 heterocycles. The Hall–Kier alpha value is -3.11. The largest absolute Gasteiger partial charge is 0.361 e. The van der Waals surface area contributed by atoms with Crippen molar-refractivity contribution in [1.82, 2.24) is 15.2 Å². The summed E-state index contributed by atoms with van der Waals surface area (Å²) >= 11 is 1.30. The van der Waals surface area contributed by atoms with Gasteiger partial charge in [-0.1, -0.05) is 24.3 Å². The summed E-state index contributed by atoms with van der Waals surface area (Å²) in [5.74, 6) is -0.766. The Morgan fingerprint density at radius 1 is 1.32 bits per heavy atom. The van der Waals surface area contributed by atoms with Gasteiger partial charge >= 0.3 is 0 Å². The van der Waals surface area contributed by atoms with Crippen molar-refractivity contribution in [2.45, 2.75) is 12.5 Å². The second kappa shape index (κ2) is 7.20. The number of aromatic nitrogens is 1. The lowest BCUT2D eigenvalue weighted by Crippen LogP contribution is -2.47. The number of thiophene rings is 1. The number of amides is 2. The van der Waals surface area contributed by atoms with Crippen molar-refractivity contribution in [3.63, 3.8) is 0 Å². The van der Waals surface area contributed by atoms with Crippen molar-refractivity contribution in [1.29, 1.82) is 5.26 Å². The van der Waals surface area contributed by atoms with Crippen LogP contribution in [-0.4, -0.2) is 34.8 Å². The number of nitrogens with zero attached hydrogens (tertiary/aromatic N) is 2. The highest BCUT2D eigenvalue weighted by atomic mass is 32.1. The molecule has 1 atom stereocenters. The zero-order valence-corrected chi connectivity index (χ0v) is 14.3. The first-order chi connectivity index (χ1) is 12.1. The molecule has 0 saturated carbocycles. The zero-order valence-electron chi connectivity index (χ0n) is 13.5. The van der Waals surface area contributed by atoms with Gasteiger partial charge in [-0.3, -0.25) is 14.5 Å². The van der Waals surface area contributed by atoms with Gasteiger partial charge in [0.25, 0.3) is 11.8 Å². The molecule has 7 heteroatoms. The topological polar surface area (TPSA) is 89.0 Å². The maximum Gasteiger partial charge on any atom is 0.262 e. The predicted molar refractivity (Wildman–Crippen MR) is 96.0 cm³/mol. The van der Waals surface area contributed by atoms with Crippen molar-refractivity contribution in [3.05, 3.63) is 58.4 Å². The average Bonchev–Trinajstić information content (AvgIpc) is 3.30. The van der Waals surface area contributed by atoms with Crippen LogP contribution in [-0.2, 0) is 11.2 Å². The number of hydrogen-bond donors (Lipinski definition) is 2. The fourth-order valence-corrected chi connectivity index (χ4v) is 3.27. The number of benzene rings is 1. The number of nitriles is 1. The second-order valence-electron chi connectivity index (χ2n) is 5.56. The van der Waals surface area contributed by atoms with Crippen molar-refractivity contribution in [2.24, 2.45) is 0 Å². The van der Waals surface area contributed by atoms with Gasteiger partial charge in [-0.2, -0.15) is 5.26 Å². The molecule has 6 nitrogen and oxygen atoms in total.